The Morgan fingerprint density at radius 2 is 1.93 bits per heavy atom. The Kier molecular flexibility index (Phi) is 10.5. The lowest BCUT2D eigenvalue weighted by atomic mass is 10.0. The first-order chi connectivity index (χ1) is 19.4. The Morgan fingerprint density at radius 1 is 1.10 bits per heavy atom. The number of hydrogen-bond acceptors (Lipinski definition) is 11. The van der Waals surface area contributed by atoms with Gasteiger partial charge in [-0.25, -0.2) is 4.98 Å². The highest BCUT2D eigenvalue weighted by Gasteiger charge is 2.30. The predicted octanol–water partition coefficient (Wildman–Crippen LogP) is 2.10. The summed E-state index contributed by atoms with van der Waals surface area (Å²) in [6.45, 7) is 10.6. The Morgan fingerprint density at radius 3 is 2.62 bits per heavy atom. The molecule has 1 aliphatic heterocycles. The van der Waals surface area contributed by atoms with Gasteiger partial charge in [0, 0.05) is 68.7 Å². The lowest BCUT2D eigenvalue weighted by molar-refractivity contribution is 0.0190. The summed E-state index contributed by atoms with van der Waals surface area (Å²) >= 11 is 0. The van der Waals surface area contributed by atoms with Crippen LogP contribution in [-0.4, -0.2) is 103 Å². The quantitative estimate of drug-likeness (QED) is 0.231. The number of anilines is 2. The van der Waals surface area contributed by atoms with E-state index in [4.69, 9.17) is 15.5 Å². The maximum absolute atomic E-state index is 9.53. The van der Waals surface area contributed by atoms with Crippen molar-refractivity contribution in [1.82, 2.24) is 34.5 Å². The van der Waals surface area contributed by atoms with Gasteiger partial charge in [0.15, 0.2) is 5.82 Å². The Balaban J connectivity index is 1.55. The number of piperazine rings is 1. The van der Waals surface area contributed by atoms with E-state index in [0.717, 1.165) is 68.0 Å². The minimum absolute atomic E-state index is 0.0616. The van der Waals surface area contributed by atoms with Gasteiger partial charge in [-0.05, 0) is 26.2 Å². The summed E-state index contributed by atoms with van der Waals surface area (Å²) in [5, 5.41) is 27.0. The van der Waals surface area contributed by atoms with Gasteiger partial charge in [-0.15, -0.1) is 0 Å². The van der Waals surface area contributed by atoms with Gasteiger partial charge >= 0.3 is 0 Å². The smallest absolute Gasteiger partial charge is 0.222 e. The number of aliphatic hydroxyl groups excluding tert-OH is 2. The number of rotatable bonds is 14. The van der Waals surface area contributed by atoms with Crippen LogP contribution in [0.3, 0.4) is 0 Å². The average Bonchev–Trinajstić information content (AvgIpc) is 3.33. The fourth-order valence-corrected chi connectivity index (χ4v) is 5.67. The summed E-state index contributed by atoms with van der Waals surface area (Å²) in [5.74, 6) is 1.53. The third kappa shape index (κ3) is 6.98. The zero-order valence-corrected chi connectivity index (χ0v) is 24.3. The lowest BCUT2D eigenvalue weighted by Gasteiger charge is -2.45. The molecule has 12 heteroatoms. The number of nitrogen functional groups attached to an aromatic ring is 1. The van der Waals surface area contributed by atoms with E-state index in [1.165, 1.54) is 0 Å². The number of fused-ring (bicyclic) bond motifs is 1. The van der Waals surface area contributed by atoms with E-state index in [1.807, 2.05) is 16.9 Å². The van der Waals surface area contributed by atoms with Crippen LogP contribution < -0.4 is 15.8 Å². The van der Waals surface area contributed by atoms with Crippen LogP contribution in [0.15, 0.2) is 18.5 Å². The average molecular weight is 556 g/mol. The predicted molar refractivity (Wildman–Crippen MR) is 156 cm³/mol. The summed E-state index contributed by atoms with van der Waals surface area (Å²) in [6, 6.07) is 2.86. The molecule has 0 aromatic carbocycles. The number of β-amino-alcohol motifs (C(OH)–C–C–N with tert-alkyl or cyclic N) is 1. The van der Waals surface area contributed by atoms with Crippen molar-refractivity contribution in [2.24, 2.45) is 0 Å². The number of nitrogens with two attached hydrogens (primary N) is 1. The molecule has 0 spiro atoms. The minimum atomic E-state index is 0.0616. The van der Waals surface area contributed by atoms with E-state index >= 15 is 0 Å². The third-order valence-corrected chi connectivity index (χ3v) is 7.81. The van der Waals surface area contributed by atoms with Gasteiger partial charge in [0.05, 0.1) is 32.2 Å². The van der Waals surface area contributed by atoms with Gasteiger partial charge in [0.25, 0.3) is 0 Å². The topological polar surface area (TPSA) is 151 Å². The first-order valence-corrected chi connectivity index (χ1v) is 14.4. The van der Waals surface area contributed by atoms with Crippen LogP contribution in [0, 0.1) is 0 Å². The van der Waals surface area contributed by atoms with Gasteiger partial charge in [0.2, 0.25) is 5.95 Å². The van der Waals surface area contributed by atoms with Crippen molar-refractivity contribution in [3.63, 3.8) is 0 Å². The zero-order valence-electron chi connectivity index (χ0n) is 24.3. The highest BCUT2D eigenvalue weighted by Crippen LogP contribution is 2.27. The molecule has 1 aliphatic rings. The van der Waals surface area contributed by atoms with E-state index < -0.39 is 0 Å². The molecule has 3 atom stereocenters. The molecule has 0 unspecified atom stereocenters. The number of nitrogens with one attached hydrogen (secondary N) is 1. The maximum atomic E-state index is 9.53. The standard InChI is InChI=1S/C28H45N9O3/c1-5-7-21(8-10-38)32-27-26-24(33-28(29)34-27)14-31-37(26)16-20-13-30-22(12-25(20)40-4)17-36-18-23(6-2)35(9-11-39)15-19(36)3/h12-14,19,21,23,38-39H,5-11,15-18H2,1-4H3,(H3,29,32,33,34)/t19-,21+,23-/m1/s1. The van der Waals surface area contributed by atoms with Crippen LogP contribution in [-0.2, 0) is 13.1 Å². The van der Waals surface area contributed by atoms with Gasteiger partial charge < -0.3 is 26.0 Å². The second-order valence-electron chi connectivity index (χ2n) is 10.7. The number of nitrogens with zero attached hydrogens (tertiary/aromatic N) is 7. The fourth-order valence-electron chi connectivity index (χ4n) is 5.67. The number of pyridine rings is 1. The molecule has 4 heterocycles. The normalized spacial score (nSPS) is 19.2. The van der Waals surface area contributed by atoms with Crippen LogP contribution in [0.4, 0.5) is 11.8 Å². The second-order valence-corrected chi connectivity index (χ2v) is 10.7. The molecule has 0 amide bonds. The molecule has 1 saturated heterocycles. The number of aromatic nitrogens is 5. The maximum Gasteiger partial charge on any atom is 0.222 e. The first kappa shape index (κ1) is 29.9. The number of hydrogen-bond donors (Lipinski definition) is 4. The zero-order chi connectivity index (χ0) is 28.6. The van der Waals surface area contributed by atoms with Crippen molar-refractivity contribution in [2.75, 3.05) is 51.0 Å². The van der Waals surface area contributed by atoms with Crippen molar-refractivity contribution in [3.8, 4) is 5.75 Å². The molecule has 0 bridgehead atoms. The van der Waals surface area contributed by atoms with Gasteiger partial charge in [-0.2, -0.15) is 10.1 Å². The van der Waals surface area contributed by atoms with E-state index in [0.29, 0.717) is 36.4 Å². The largest absolute Gasteiger partial charge is 0.496 e. The first-order valence-electron chi connectivity index (χ1n) is 14.4. The number of ether oxygens (including phenoxy) is 1. The van der Waals surface area contributed by atoms with Crippen LogP contribution in [0.1, 0.15) is 57.7 Å². The summed E-state index contributed by atoms with van der Waals surface area (Å²) in [5.41, 5.74) is 9.25. The molecule has 220 valence electrons. The molecular weight excluding hydrogens is 510 g/mol. The molecule has 40 heavy (non-hydrogen) atoms. The Bertz CT molecular complexity index is 1230. The summed E-state index contributed by atoms with van der Waals surface area (Å²) in [4.78, 5) is 18.5. The van der Waals surface area contributed by atoms with Crippen molar-refractivity contribution in [3.05, 3.63) is 29.7 Å². The van der Waals surface area contributed by atoms with Crippen molar-refractivity contribution < 1.29 is 14.9 Å². The fraction of sp³-hybridized carbons (Fsp3) is 0.643. The molecule has 1 fully saturated rings. The van der Waals surface area contributed by atoms with Gasteiger partial charge in [-0.1, -0.05) is 20.3 Å². The Hall–Kier alpha value is -3.06. The van der Waals surface area contributed by atoms with E-state index in [9.17, 15) is 10.2 Å². The van der Waals surface area contributed by atoms with Gasteiger partial charge in [-0.3, -0.25) is 19.5 Å². The van der Waals surface area contributed by atoms with Crippen LogP contribution in [0.5, 0.6) is 5.75 Å². The van der Waals surface area contributed by atoms with Crippen molar-refractivity contribution in [1.29, 1.82) is 0 Å². The monoisotopic (exact) mass is 555 g/mol. The van der Waals surface area contributed by atoms with Crippen LogP contribution in [0.2, 0.25) is 0 Å². The molecular formula is C28H45N9O3. The molecule has 12 nitrogen and oxygen atoms in total. The molecule has 4 rings (SSSR count). The van der Waals surface area contributed by atoms with Crippen LogP contribution >= 0.6 is 0 Å². The summed E-state index contributed by atoms with van der Waals surface area (Å²) < 4.78 is 7.64. The third-order valence-electron chi connectivity index (χ3n) is 7.81. The van der Waals surface area contributed by atoms with Crippen LogP contribution in [0.25, 0.3) is 11.0 Å². The highest BCUT2D eigenvalue weighted by molar-refractivity contribution is 5.86. The summed E-state index contributed by atoms with van der Waals surface area (Å²) in [6.07, 6.45) is 7.08. The number of aliphatic hydroxyl groups is 2. The van der Waals surface area contributed by atoms with E-state index in [1.54, 1.807) is 13.3 Å². The SMILES string of the molecule is CCC[C@@H](CCO)Nc1nc(N)nc2cnn(Cc3cnc(CN4C[C@@H](CC)N(CCO)C[C@H]4C)cc3OC)c12. The van der Waals surface area contributed by atoms with Crippen molar-refractivity contribution in [2.45, 2.75) is 77.7 Å². The molecule has 3 aromatic rings. The van der Waals surface area contributed by atoms with Crippen molar-refractivity contribution >= 4 is 22.8 Å². The van der Waals surface area contributed by atoms with Gasteiger partial charge in [0.1, 0.15) is 16.8 Å². The minimum Gasteiger partial charge on any atom is -0.496 e. The second kappa shape index (κ2) is 14.0. The summed E-state index contributed by atoms with van der Waals surface area (Å²) in [7, 11) is 1.67. The molecule has 0 aliphatic carbocycles. The number of methoxy groups -OCH3 is 1. The Labute approximate surface area is 236 Å². The molecule has 0 saturated carbocycles. The van der Waals surface area contributed by atoms with E-state index in [2.05, 4.69) is 51.0 Å². The molecule has 5 N–H and O–H groups in total. The van der Waals surface area contributed by atoms with E-state index in [-0.39, 0.29) is 25.2 Å². The molecule has 3 aromatic heterocycles. The highest BCUT2D eigenvalue weighted by atomic mass is 16.5. The lowest BCUT2D eigenvalue weighted by Crippen LogP contribution is -2.57. The molecule has 0 radical (unpaired) electrons.